The molecule has 0 saturated heterocycles. The van der Waals surface area contributed by atoms with E-state index in [9.17, 15) is 18.7 Å². The zero-order chi connectivity index (χ0) is 20.5. The molecule has 3 aromatic rings. The molecule has 0 radical (unpaired) electrons. The standard InChI is InChI=1S/C21H19F2N3O3/c1-29-19-9-12(5-8-18(19)27)11-24-21(28)20-14-3-2-4-17(14)26(25-20)13-6-7-15(22)16(23)10-13/h5-10,27H,2-4,11H2,1H3,(H,24,28). The van der Waals surface area contributed by atoms with Crippen molar-refractivity contribution < 1.29 is 23.4 Å². The third-order valence-corrected chi connectivity index (χ3v) is 4.99. The van der Waals surface area contributed by atoms with E-state index in [4.69, 9.17) is 4.74 Å². The summed E-state index contributed by atoms with van der Waals surface area (Å²) in [5.74, 6) is -1.90. The zero-order valence-corrected chi connectivity index (χ0v) is 15.7. The van der Waals surface area contributed by atoms with Crippen LogP contribution in [0.4, 0.5) is 8.78 Å². The van der Waals surface area contributed by atoms with E-state index in [0.29, 0.717) is 24.3 Å². The fraction of sp³-hybridized carbons (Fsp3) is 0.238. The highest BCUT2D eigenvalue weighted by molar-refractivity contribution is 5.94. The van der Waals surface area contributed by atoms with E-state index in [1.807, 2.05) is 0 Å². The number of nitrogens with zero attached hydrogens (tertiary/aromatic N) is 2. The number of carbonyl (C=O) groups excluding carboxylic acids is 1. The van der Waals surface area contributed by atoms with Crippen LogP contribution in [-0.2, 0) is 19.4 Å². The van der Waals surface area contributed by atoms with Gasteiger partial charge in [0.15, 0.2) is 28.8 Å². The average Bonchev–Trinajstić information content (AvgIpc) is 3.32. The minimum atomic E-state index is -0.961. The Morgan fingerprint density at radius 2 is 2.03 bits per heavy atom. The van der Waals surface area contributed by atoms with E-state index in [1.165, 1.54) is 23.9 Å². The maximum atomic E-state index is 13.7. The van der Waals surface area contributed by atoms with Crippen LogP contribution >= 0.6 is 0 Å². The van der Waals surface area contributed by atoms with Gasteiger partial charge in [-0.25, -0.2) is 13.5 Å². The first kappa shape index (κ1) is 18.9. The van der Waals surface area contributed by atoms with Crippen molar-refractivity contribution in [2.45, 2.75) is 25.8 Å². The Bertz CT molecular complexity index is 1100. The molecule has 1 aliphatic rings. The summed E-state index contributed by atoms with van der Waals surface area (Å²) < 4.78 is 33.5. The molecule has 1 heterocycles. The van der Waals surface area contributed by atoms with Crippen molar-refractivity contribution in [3.63, 3.8) is 0 Å². The molecule has 0 unspecified atom stereocenters. The summed E-state index contributed by atoms with van der Waals surface area (Å²) in [6.07, 6.45) is 2.28. The number of hydrogen-bond donors (Lipinski definition) is 2. The number of benzene rings is 2. The summed E-state index contributed by atoms with van der Waals surface area (Å²) in [5, 5.41) is 16.9. The minimum absolute atomic E-state index is 0.0191. The predicted molar refractivity (Wildman–Crippen MR) is 101 cm³/mol. The number of amides is 1. The molecule has 1 aliphatic carbocycles. The largest absolute Gasteiger partial charge is 0.504 e. The van der Waals surface area contributed by atoms with E-state index >= 15 is 0 Å². The smallest absolute Gasteiger partial charge is 0.272 e. The van der Waals surface area contributed by atoms with Gasteiger partial charge in [-0.1, -0.05) is 6.07 Å². The van der Waals surface area contributed by atoms with Gasteiger partial charge in [0, 0.05) is 23.9 Å². The van der Waals surface area contributed by atoms with Gasteiger partial charge >= 0.3 is 0 Å². The molecule has 0 fully saturated rings. The molecule has 4 rings (SSSR count). The van der Waals surface area contributed by atoms with Gasteiger partial charge in [-0.05, 0) is 49.1 Å². The van der Waals surface area contributed by atoms with Crippen molar-refractivity contribution in [3.05, 3.63) is 70.5 Å². The SMILES string of the molecule is COc1cc(CNC(=O)c2nn(-c3ccc(F)c(F)c3)c3c2CCC3)ccc1O. The van der Waals surface area contributed by atoms with E-state index < -0.39 is 11.6 Å². The van der Waals surface area contributed by atoms with Gasteiger partial charge in [-0.2, -0.15) is 5.10 Å². The van der Waals surface area contributed by atoms with Crippen LogP contribution in [0.25, 0.3) is 5.69 Å². The number of methoxy groups -OCH3 is 1. The van der Waals surface area contributed by atoms with Gasteiger partial charge in [0.1, 0.15) is 0 Å². The molecular weight excluding hydrogens is 380 g/mol. The normalized spacial score (nSPS) is 12.7. The molecule has 1 aromatic heterocycles. The molecule has 1 amide bonds. The average molecular weight is 399 g/mol. The van der Waals surface area contributed by atoms with Gasteiger partial charge in [-0.3, -0.25) is 4.79 Å². The number of rotatable bonds is 5. The van der Waals surface area contributed by atoms with E-state index in [1.54, 1.807) is 12.1 Å². The molecule has 6 nitrogen and oxygen atoms in total. The van der Waals surface area contributed by atoms with Crippen molar-refractivity contribution in [2.24, 2.45) is 0 Å². The molecule has 0 spiro atoms. The number of nitrogens with one attached hydrogen (secondary N) is 1. The summed E-state index contributed by atoms with van der Waals surface area (Å²) >= 11 is 0. The van der Waals surface area contributed by atoms with Gasteiger partial charge in [-0.15, -0.1) is 0 Å². The third kappa shape index (κ3) is 3.53. The molecule has 150 valence electrons. The monoisotopic (exact) mass is 399 g/mol. The summed E-state index contributed by atoms with van der Waals surface area (Å²) in [6.45, 7) is 0.224. The highest BCUT2D eigenvalue weighted by Crippen LogP contribution is 2.29. The highest BCUT2D eigenvalue weighted by Gasteiger charge is 2.27. The number of fused-ring (bicyclic) bond motifs is 1. The lowest BCUT2D eigenvalue weighted by Gasteiger charge is -2.08. The molecule has 2 aromatic carbocycles. The third-order valence-electron chi connectivity index (χ3n) is 4.99. The Kier molecular flexibility index (Phi) is 4.92. The molecule has 2 N–H and O–H groups in total. The van der Waals surface area contributed by atoms with Crippen molar-refractivity contribution in [3.8, 4) is 17.2 Å². The van der Waals surface area contributed by atoms with Crippen molar-refractivity contribution in [1.82, 2.24) is 15.1 Å². The van der Waals surface area contributed by atoms with Crippen LogP contribution in [0.3, 0.4) is 0 Å². The Hall–Kier alpha value is -3.42. The Morgan fingerprint density at radius 3 is 2.79 bits per heavy atom. The van der Waals surface area contributed by atoms with E-state index in [2.05, 4.69) is 10.4 Å². The van der Waals surface area contributed by atoms with Crippen molar-refractivity contribution in [1.29, 1.82) is 0 Å². The molecule has 8 heteroatoms. The number of phenolic OH excluding ortho intramolecular Hbond substituents is 1. The molecule has 0 aliphatic heterocycles. The first-order valence-electron chi connectivity index (χ1n) is 9.18. The zero-order valence-electron chi connectivity index (χ0n) is 15.7. The molecule has 0 bridgehead atoms. The summed E-state index contributed by atoms with van der Waals surface area (Å²) in [4.78, 5) is 12.8. The quantitative estimate of drug-likeness (QED) is 0.690. The second kappa shape index (κ2) is 7.54. The fourth-order valence-corrected chi connectivity index (χ4v) is 3.55. The maximum absolute atomic E-state index is 13.7. The lowest BCUT2D eigenvalue weighted by molar-refractivity contribution is 0.0944. The first-order chi connectivity index (χ1) is 14.0. The molecular formula is C21H19F2N3O3. The Balaban J connectivity index is 1.58. The Morgan fingerprint density at radius 1 is 1.21 bits per heavy atom. The number of phenols is 1. The van der Waals surface area contributed by atoms with Crippen LogP contribution < -0.4 is 10.1 Å². The fourth-order valence-electron chi connectivity index (χ4n) is 3.55. The van der Waals surface area contributed by atoms with Gasteiger partial charge < -0.3 is 15.2 Å². The minimum Gasteiger partial charge on any atom is -0.504 e. The number of halogens is 2. The van der Waals surface area contributed by atoms with Gasteiger partial charge in [0.25, 0.3) is 5.91 Å². The second-order valence-corrected chi connectivity index (χ2v) is 6.83. The lowest BCUT2D eigenvalue weighted by Crippen LogP contribution is -2.24. The summed E-state index contributed by atoms with van der Waals surface area (Å²) in [5.41, 5.74) is 3.09. The second-order valence-electron chi connectivity index (χ2n) is 6.83. The van der Waals surface area contributed by atoms with Crippen LogP contribution in [0.15, 0.2) is 36.4 Å². The van der Waals surface area contributed by atoms with E-state index in [0.717, 1.165) is 35.4 Å². The number of ether oxygens (including phenoxy) is 1. The maximum Gasteiger partial charge on any atom is 0.272 e. The van der Waals surface area contributed by atoms with Crippen molar-refractivity contribution in [2.75, 3.05) is 7.11 Å². The molecule has 0 saturated carbocycles. The molecule has 29 heavy (non-hydrogen) atoms. The van der Waals surface area contributed by atoms with Crippen LogP contribution in [-0.4, -0.2) is 27.9 Å². The number of carbonyl (C=O) groups is 1. The Labute approximate surface area is 165 Å². The van der Waals surface area contributed by atoms with E-state index in [-0.39, 0.29) is 23.9 Å². The number of aromatic hydroxyl groups is 1. The highest BCUT2D eigenvalue weighted by atomic mass is 19.2. The van der Waals surface area contributed by atoms with Crippen LogP contribution in [0.1, 0.15) is 33.7 Å². The number of aromatic nitrogens is 2. The number of hydrogen-bond acceptors (Lipinski definition) is 4. The summed E-state index contributed by atoms with van der Waals surface area (Å²) in [6, 6.07) is 8.38. The van der Waals surface area contributed by atoms with Gasteiger partial charge in [0.2, 0.25) is 0 Å². The van der Waals surface area contributed by atoms with Crippen molar-refractivity contribution >= 4 is 5.91 Å². The first-order valence-corrected chi connectivity index (χ1v) is 9.18. The summed E-state index contributed by atoms with van der Waals surface area (Å²) in [7, 11) is 1.45. The topological polar surface area (TPSA) is 76.4 Å². The van der Waals surface area contributed by atoms with Crippen LogP contribution in [0.2, 0.25) is 0 Å². The van der Waals surface area contributed by atoms with Gasteiger partial charge in [0.05, 0.1) is 12.8 Å². The van der Waals surface area contributed by atoms with Crippen LogP contribution in [0.5, 0.6) is 11.5 Å². The van der Waals surface area contributed by atoms with Crippen LogP contribution in [0, 0.1) is 11.6 Å². The molecule has 0 atom stereocenters. The lowest BCUT2D eigenvalue weighted by atomic mass is 10.1. The predicted octanol–water partition coefficient (Wildman–Crippen LogP) is 3.28.